The Hall–Kier alpha value is -4.73. The van der Waals surface area contributed by atoms with Gasteiger partial charge in [0.15, 0.2) is 5.76 Å². The molecule has 12 nitrogen and oxygen atoms in total. The molecule has 1 aromatic carbocycles. The standard InChI is InChI=1S/C27H25ClN8O4/c1-15(25(38)32-20(14-37)16-4-3-5-18(28)10-16)36-9-7-21-19(26(36)39)11-22(40-21)24-17(12-29)13-30-27(34-24)33-23-6-8-31-35(23)2/h3-6,8,10-11,13,15,20,37H,7,9,14H2,1-2H3,(H,32,38)(H,30,33,34)/t15-,20-/m1/s1. The number of nitriles is 1. The molecule has 5 rings (SSSR count). The molecular formula is C27H25ClN8O4. The summed E-state index contributed by atoms with van der Waals surface area (Å²) in [5.74, 6) is 0.746. The number of aliphatic hydroxyl groups excluding tert-OH is 1. The average molecular weight is 561 g/mol. The molecule has 0 unspecified atom stereocenters. The largest absolute Gasteiger partial charge is 0.458 e. The molecule has 40 heavy (non-hydrogen) atoms. The Morgan fingerprint density at radius 3 is 2.85 bits per heavy atom. The normalized spacial score (nSPS) is 14.3. The van der Waals surface area contributed by atoms with Gasteiger partial charge >= 0.3 is 0 Å². The van der Waals surface area contributed by atoms with Crippen LogP contribution in [-0.4, -0.2) is 60.8 Å². The monoisotopic (exact) mass is 560 g/mol. The summed E-state index contributed by atoms with van der Waals surface area (Å²) in [7, 11) is 1.76. The molecule has 4 aromatic rings. The summed E-state index contributed by atoms with van der Waals surface area (Å²) in [5.41, 5.74) is 1.35. The molecule has 2 atom stereocenters. The number of amides is 2. The maximum absolute atomic E-state index is 13.4. The minimum atomic E-state index is -0.823. The third-order valence-electron chi connectivity index (χ3n) is 6.68. The van der Waals surface area contributed by atoms with Crippen molar-refractivity contribution in [2.45, 2.75) is 25.4 Å². The molecule has 1 aliphatic rings. The van der Waals surface area contributed by atoms with E-state index in [1.54, 1.807) is 55.2 Å². The van der Waals surface area contributed by atoms with E-state index in [4.69, 9.17) is 16.0 Å². The van der Waals surface area contributed by atoms with Crippen molar-refractivity contribution in [3.05, 3.63) is 76.3 Å². The number of hydrogen-bond donors (Lipinski definition) is 3. The number of furan rings is 1. The number of hydrogen-bond acceptors (Lipinski definition) is 9. The van der Waals surface area contributed by atoms with Crippen LogP contribution >= 0.6 is 11.6 Å². The van der Waals surface area contributed by atoms with Crippen LogP contribution in [0, 0.1) is 11.3 Å². The maximum atomic E-state index is 13.4. The van der Waals surface area contributed by atoms with Gasteiger partial charge in [-0.05, 0) is 30.7 Å². The van der Waals surface area contributed by atoms with Gasteiger partial charge < -0.3 is 25.1 Å². The zero-order chi connectivity index (χ0) is 28.4. The predicted molar refractivity (Wildman–Crippen MR) is 145 cm³/mol. The third-order valence-corrected chi connectivity index (χ3v) is 6.92. The van der Waals surface area contributed by atoms with Gasteiger partial charge in [-0.3, -0.25) is 14.3 Å². The highest BCUT2D eigenvalue weighted by Crippen LogP contribution is 2.32. The molecule has 0 aliphatic carbocycles. The second-order valence-corrected chi connectivity index (χ2v) is 9.64. The number of rotatable bonds is 8. The fraction of sp³-hybridized carbons (Fsp3) is 0.259. The van der Waals surface area contributed by atoms with Crippen LogP contribution < -0.4 is 10.6 Å². The summed E-state index contributed by atoms with van der Waals surface area (Å²) in [6, 6.07) is 10.7. The van der Waals surface area contributed by atoms with Crippen LogP contribution in [0.25, 0.3) is 11.5 Å². The molecule has 13 heteroatoms. The summed E-state index contributed by atoms with van der Waals surface area (Å²) in [6.07, 6.45) is 3.36. The van der Waals surface area contributed by atoms with Gasteiger partial charge in [-0.2, -0.15) is 10.4 Å². The Bertz CT molecular complexity index is 1620. The number of fused-ring (bicyclic) bond motifs is 1. The Morgan fingerprint density at radius 2 is 2.15 bits per heavy atom. The van der Waals surface area contributed by atoms with Gasteiger partial charge in [0.05, 0.1) is 30.6 Å². The number of aryl methyl sites for hydroxylation is 1. The van der Waals surface area contributed by atoms with Gasteiger partial charge in [-0.1, -0.05) is 23.7 Å². The number of aromatic nitrogens is 4. The van der Waals surface area contributed by atoms with E-state index in [-0.39, 0.29) is 47.6 Å². The first-order chi connectivity index (χ1) is 19.3. The third kappa shape index (κ3) is 5.25. The summed E-state index contributed by atoms with van der Waals surface area (Å²) < 4.78 is 7.58. The fourth-order valence-corrected chi connectivity index (χ4v) is 4.67. The lowest BCUT2D eigenvalue weighted by molar-refractivity contribution is -0.126. The molecule has 0 saturated heterocycles. The van der Waals surface area contributed by atoms with Crippen molar-refractivity contribution < 1.29 is 19.1 Å². The molecule has 3 N–H and O–H groups in total. The van der Waals surface area contributed by atoms with Crippen LogP contribution in [0.3, 0.4) is 0 Å². The van der Waals surface area contributed by atoms with Gasteiger partial charge in [0.25, 0.3) is 5.91 Å². The van der Waals surface area contributed by atoms with E-state index >= 15 is 0 Å². The smallest absolute Gasteiger partial charge is 0.258 e. The van der Waals surface area contributed by atoms with Gasteiger partial charge in [-0.15, -0.1) is 0 Å². The van der Waals surface area contributed by atoms with Gasteiger partial charge in [0, 0.05) is 31.1 Å². The maximum Gasteiger partial charge on any atom is 0.258 e. The molecule has 0 radical (unpaired) electrons. The summed E-state index contributed by atoms with van der Waals surface area (Å²) >= 11 is 6.06. The summed E-state index contributed by atoms with van der Waals surface area (Å²) in [4.78, 5) is 36.6. The van der Waals surface area contributed by atoms with E-state index in [2.05, 4.69) is 31.8 Å². The van der Waals surface area contributed by atoms with Crippen molar-refractivity contribution in [1.82, 2.24) is 30.0 Å². The first kappa shape index (κ1) is 26.9. The van der Waals surface area contributed by atoms with Crippen molar-refractivity contribution in [3.63, 3.8) is 0 Å². The van der Waals surface area contributed by atoms with Crippen LogP contribution in [0.1, 0.15) is 40.2 Å². The number of carbonyl (C=O) groups is 2. The topological polar surface area (TPSA) is 162 Å². The van der Waals surface area contributed by atoms with Crippen LogP contribution in [0.5, 0.6) is 0 Å². The van der Waals surface area contributed by atoms with Crippen molar-refractivity contribution in [2.75, 3.05) is 18.5 Å². The Morgan fingerprint density at radius 1 is 1.32 bits per heavy atom. The van der Waals surface area contributed by atoms with Crippen LogP contribution in [0.4, 0.5) is 11.8 Å². The van der Waals surface area contributed by atoms with Gasteiger partial charge in [-0.25, -0.2) is 9.97 Å². The van der Waals surface area contributed by atoms with Crippen LogP contribution in [-0.2, 0) is 18.3 Å². The van der Waals surface area contributed by atoms with Crippen molar-refractivity contribution >= 4 is 35.2 Å². The zero-order valence-corrected chi connectivity index (χ0v) is 22.4. The van der Waals surface area contributed by atoms with E-state index < -0.39 is 18.0 Å². The Balaban J connectivity index is 1.36. The number of nitrogens with zero attached hydrogens (tertiary/aromatic N) is 6. The van der Waals surface area contributed by atoms with E-state index in [0.29, 0.717) is 28.6 Å². The zero-order valence-electron chi connectivity index (χ0n) is 21.6. The van der Waals surface area contributed by atoms with E-state index in [1.165, 1.54) is 17.2 Å². The number of benzene rings is 1. The van der Waals surface area contributed by atoms with Crippen LogP contribution in [0.15, 0.2) is 53.2 Å². The fourth-order valence-electron chi connectivity index (χ4n) is 4.47. The molecule has 0 bridgehead atoms. The SMILES string of the molecule is C[C@H](C(=O)N[C@H](CO)c1cccc(Cl)c1)N1CCc2oc(-c3nc(Nc4ccnn4C)ncc3C#N)cc2C1=O. The highest BCUT2D eigenvalue weighted by atomic mass is 35.5. The minimum Gasteiger partial charge on any atom is -0.458 e. The number of halogens is 1. The Labute approximate surface area is 234 Å². The first-order valence-corrected chi connectivity index (χ1v) is 12.8. The molecule has 204 valence electrons. The minimum absolute atomic E-state index is 0.176. The molecule has 1 aliphatic heterocycles. The number of carbonyl (C=O) groups excluding carboxylic acids is 2. The molecule has 0 spiro atoms. The van der Waals surface area contributed by atoms with E-state index in [1.807, 2.05) is 0 Å². The molecule has 3 aromatic heterocycles. The molecule has 0 saturated carbocycles. The quantitative estimate of drug-likeness (QED) is 0.294. The van der Waals surface area contributed by atoms with E-state index in [0.717, 1.165) is 0 Å². The number of aliphatic hydroxyl groups is 1. The lowest BCUT2D eigenvalue weighted by Gasteiger charge is -2.32. The van der Waals surface area contributed by atoms with Crippen molar-refractivity contribution in [2.24, 2.45) is 7.05 Å². The first-order valence-electron chi connectivity index (χ1n) is 12.4. The molecule has 4 heterocycles. The number of nitrogens with one attached hydrogen (secondary N) is 2. The molecule has 2 amide bonds. The number of anilines is 2. The second-order valence-electron chi connectivity index (χ2n) is 9.20. The van der Waals surface area contributed by atoms with Crippen molar-refractivity contribution in [1.29, 1.82) is 5.26 Å². The molecular weight excluding hydrogens is 536 g/mol. The summed E-state index contributed by atoms with van der Waals surface area (Å²) in [5, 5.41) is 29.9. The lowest BCUT2D eigenvalue weighted by Crippen LogP contribution is -2.51. The Kier molecular flexibility index (Phi) is 7.50. The average Bonchev–Trinajstić information content (AvgIpc) is 3.58. The predicted octanol–water partition coefficient (Wildman–Crippen LogP) is 2.98. The van der Waals surface area contributed by atoms with Crippen molar-refractivity contribution in [3.8, 4) is 17.5 Å². The van der Waals surface area contributed by atoms with Crippen LogP contribution in [0.2, 0.25) is 5.02 Å². The molecule has 0 fully saturated rings. The van der Waals surface area contributed by atoms with Gasteiger partial charge in [0.2, 0.25) is 11.9 Å². The second kappa shape index (κ2) is 11.2. The highest BCUT2D eigenvalue weighted by Gasteiger charge is 2.35. The highest BCUT2D eigenvalue weighted by molar-refractivity contribution is 6.30. The summed E-state index contributed by atoms with van der Waals surface area (Å²) in [6.45, 7) is 1.54. The van der Waals surface area contributed by atoms with Gasteiger partial charge in [0.1, 0.15) is 34.9 Å². The van der Waals surface area contributed by atoms with E-state index in [9.17, 15) is 20.0 Å². The lowest BCUT2D eigenvalue weighted by atomic mass is 10.0.